The Balaban J connectivity index is 1.02. The Morgan fingerprint density at radius 2 is 0.842 bits per heavy atom. The van der Waals surface area contributed by atoms with E-state index in [-0.39, 0.29) is 0 Å². The molecule has 12 rings (SSSR count). The first-order valence-corrected chi connectivity index (χ1v) is 20.7. The van der Waals surface area contributed by atoms with Gasteiger partial charge in [-0.1, -0.05) is 152 Å². The Bertz CT molecular complexity index is 3410. The Kier molecular flexibility index (Phi) is 7.24. The van der Waals surface area contributed by atoms with Crippen LogP contribution in [-0.2, 0) is 0 Å². The second-order valence-electron chi connectivity index (χ2n) is 14.3. The van der Waals surface area contributed by atoms with Crippen LogP contribution in [0.5, 0.6) is 0 Å². The molecule has 0 saturated heterocycles. The summed E-state index contributed by atoms with van der Waals surface area (Å²) in [6.45, 7) is 0. The van der Waals surface area contributed by atoms with E-state index in [1.807, 2.05) is 59.1 Å². The van der Waals surface area contributed by atoms with Crippen molar-refractivity contribution in [3.8, 4) is 51.0 Å². The molecule has 0 N–H and O–H groups in total. The largest absolute Gasteiger partial charge is 0.308 e. The van der Waals surface area contributed by atoms with Gasteiger partial charge in [0.1, 0.15) is 0 Å². The zero-order valence-electron chi connectivity index (χ0n) is 30.4. The van der Waals surface area contributed by atoms with Crippen molar-refractivity contribution in [3.05, 3.63) is 182 Å². The van der Waals surface area contributed by atoms with Gasteiger partial charge in [0.15, 0.2) is 17.5 Å². The summed E-state index contributed by atoms with van der Waals surface area (Å²) in [7, 11) is 0. The molecular weight excluding hydrogens is 733 g/mol. The van der Waals surface area contributed by atoms with Gasteiger partial charge in [-0.25, -0.2) is 15.0 Å². The van der Waals surface area contributed by atoms with Gasteiger partial charge in [0.25, 0.3) is 0 Å². The van der Waals surface area contributed by atoms with Crippen molar-refractivity contribution in [2.24, 2.45) is 0 Å². The molecule has 0 radical (unpaired) electrons. The number of nitrogens with zero attached hydrogens (tertiary/aromatic N) is 4. The number of thiophene rings is 2. The number of fused-ring (bicyclic) bond motifs is 9. The Labute approximate surface area is 335 Å². The molecule has 266 valence electrons. The van der Waals surface area contributed by atoms with Crippen LogP contribution in [0.25, 0.3) is 113 Å². The van der Waals surface area contributed by atoms with E-state index < -0.39 is 0 Å². The van der Waals surface area contributed by atoms with Crippen LogP contribution in [-0.4, -0.2) is 19.5 Å². The van der Waals surface area contributed by atoms with E-state index in [0.717, 1.165) is 16.7 Å². The summed E-state index contributed by atoms with van der Waals surface area (Å²) < 4.78 is 7.44. The van der Waals surface area contributed by atoms with Gasteiger partial charge >= 0.3 is 0 Å². The van der Waals surface area contributed by atoms with E-state index in [9.17, 15) is 0 Å². The maximum Gasteiger partial charge on any atom is 0.165 e. The summed E-state index contributed by atoms with van der Waals surface area (Å²) in [6, 6.07) is 64.8. The molecule has 0 unspecified atom stereocenters. The molecule has 0 aliphatic rings. The highest BCUT2D eigenvalue weighted by Crippen LogP contribution is 2.46. The molecule has 0 spiro atoms. The third kappa shape index (κ3) is 5.08. The van der Waals surface area contributed by atoms with Gasteiger partial charge in [-0.05, 0) is 41.5 Å². The van der Waals surface area contributed by atoms with Crippen LogP contribution >= 0.6 is 22.7 Å². The highest BCUT2D eigenvalue weighted by molar-refractivity contribution is 7.27. The van der Waals surface area contributed by atoms with Crippen molar-refractivity contribution >= 4 is 84.8 Å². The van der Waals surface area contributed by atoms with E-state index in [1.54, 1.807) is 0 Å². The Morgan fingerprint density at radius 1 is 0.333 bits per heavy atom. The summed E-state index contributed by atoms with van der Waals surface area (Å²) in [4.78, 5) is 15.1. The molecule has 8 aromatic carbocycles. The van der Waals surface area contributed by atoms with E-state index in [1.165, 1.54) is 79.0 Å². The van der Waals surface area contributed by atoms with Crippen LogP contribution in [0.2, 0.25) is 0 Å². The lowest BCUT2D eigenvalue weighted by Crippen LogP contribution is -2.00. The van der Waals surface area contributed by atoms with Crippen molar-refractivity contribution in [3.63, 3.8) is 0 Å². The third-order valence-corrected chi connectivity index (χ3v) is 13.6. The zero-order chi connectivity index (χ0) is 37.5. The quantitative estimate of drug-likeness (QED) is 0.175. The summed E-state index contributed by atoms with van der Waals surface area (Å²) >= 11 is 3.70. The monoisotopic (exact) mass is 762 g/mol. The number of hydrogen-bond donors (Lipinski definition) is 0. The number of aromatic nitrogens is 4. The first kappa shape index (κ1) is 32.3. The van der Waals surface area contributed by atoms with Crippen molar-refractivity contribution in [1.82, 2.24) is 19.5 Å². The smallest absolute Gasteiger partial charge is 0.165 e. The molecule has 0 fully saturated rings. The molecule has 57 heavy (non-hydrogen) atoms. The molecular formula is C51H30N4S2. The predicted molar refractivity (Wildman–Crippen MR) is 242 cm³/mol. The van der Waals surface area contributed by atoms with Gasteiger partial charge in [0, 0.05) is 63.1 Å². The van der Waals surface area contributed by atoms with Crippen molar-refractivity contribution in [2.45, 2.75) is 0 Å². The molecule has 0 atom stereocenters. The summed E-state index contributed by atoms with van der Waals surface area (Å²) in [5.74, 6) is 2.00. The van der Waals surface area contributed by atoms with Crippen LogP contribution in [0.4, 0.5) is 0 Å². The highest BCUT2D eigenvalue weighted by Gasteiger charge is 2.20. The van der Waals surface area contributed by atoms with Gasteiger partial charge in [0.05, 0.1) is 21.4 Å². The number of rotatable bonds is 5. The van der Waals surface area contributed by atoms with Crippen molar-refractivity contribution in [1.29, 1.82) is 0 Å². The molecule has 0 saturated carbocycles. The molecule has 4 nitrogen and oxygen atoms in total. The topological polar surface area (TPSA) is 43.6 Å². The second-order valence-corrected chi connectivity index (χ2v) is 16.4. The first-order chi connectivity index (χ1) is 28.3. The third-order valence-electron chi connectivity index (χ3n) is 11.1. The zero-order valence-corrected chi connectivity index (χ0v) is 32.1. The van der Waals surface area contributed by atoms with Crippen LogP contribution in [0.1, 0.15) is 0 Å². The van der Waals surface area contributed by atoms with Gasteiger partial charge in [-0.2, -0.15) is 0 Å². The lowest BCUT2D eigenvalue weighted by Gasteiger charge is -2.09. The maximum atomic E-state index is 5.08. The van der Waals surface area contributed by atoms with Crippen LogP contribution < -0.4 is 0 Å². The molecule has 6 heteroatoms. The van der Waals surface area contributed by atoms with Crippen LogP contribution in [0, 0.1) is 0 Å². The molecule has 0 aliphatic carbocycles. The summed E-state index contributed by atoms with van der Waals surface area (Å²) in [5.41, 5.74) is 9.06. The van der Waals surface area contributed by atoms with E-state index >= 15 is 0 Å². The van der Waals surface area contributed by atoms with Crippen molar-refractivity contribution < 1.29 is 0 Å². The average Bonchev–Trinajstić information content (AvgIpc) is 3.96. The van der Waals surface area contributed by atoms with E-state index in [2.05, 4.69) is 150 Å². The predicted octanol–water partition coefficient (Wildman–Crippen LogP) is 14.4. The Hall–Kier alpha value is -6.99. The Morgan fingerprint density at radius 3 is 1.51 bits per heavy atom. The van der Waals surface area contributed by atoms with Crippen LogP contribution in [0.3, 0.4) is 0 Å². The molecule has 4 heterocycles. The molecule has 12 aromatic rings. The molecule has 0 amide bonds. The highest BCUT2D eigenvalue weighted by atomic mass is 32.1. The second kappa shape index (κ2) is 12.8. The fourth-order valence-corrected chi connectivity index (χ4v) is 11.1. The number of para-hydroxylation sites is 2. The van der Waals surface area contributed by atoms with Gasteiger partial charge < -0.3 is 4.57 Å². The minimum atomic E-state index is 0.664. The normalized spacial score (nSPS) is 11.9. The van der Waals surface area contributed by atoms with Gasteiger partial charge in [-0.15, -0.1) is 22.7 Å². The van der Waals surface area contributed by atoms with E-state index in [4.69, 9.17) is 15.0 Å². The standard InChI is InChI=1S/C51H30N4S2/c1-3-14-31(15-4-1)49-52-50(32-16-5-2-6-17-32)54-51(53-49)41-24-12-21-38-37-29-28-33(30-45(37)56-47(38)41)34-20-11-22-39-40-23-13-27-44(48(40)57-46(34)39)55-42-25-9-7-18-35(42)36-19-8-10-26-43(36)55/h1-30H. The SMILES string of the molecule is c1ccc(-c2nc(-c3ccccc3)nc(-c3cccc4c3sc3cc(-c5cccc6c5sc5c(-n7c8ccccc8c8ccccc87)cccc56)ccc34)n2)cc1. The minimum Gasteiger partial charge on any atom is -0.308 e. The fourth-order valence-electron chi connectivity index (χ4n) is 8.46. The van der Waals surface area contributed by atoms with Crippen LogP contribution in [0.15, 0.2) is 182 Å². The number of hydrogen-bond acceptors (Lipinski definition) is 5. The van der Waals surface area contributed by atoms with E-state index in [0.29, 0.717) is 17.5 Å². The summed E-state index contributed by atoms with van der Waals surface area (Å²) in [5, 5.41) is 7.56. The van der Waals surface area contributed by atoms with Gasteiger partial charge in [0.2, 0.25) is 0 Å². The van der Waals surface area contributed by atoms with Gasteiger partial charge in [-0.3, -0.25) is 0 Å². The lowest BCUT2D eigenvalue weighted by molar-refractivity contribution is 1.08. The molecule has 4 aromatic heterocycles. The number of benzene rings is 8. The first-order valence-electron chi connectivity index (χ1n) is 19.0. The lowest BCUT2D eigenvalue weighted by atomic mass is 10.0. The fraction of sp³-hybridized carbons (Fsp3) is 0. The summed E-state index contributed by atoms with van der Waals surface area (Å²) in [6.07, 6.45) is 0. The molecule has 0 aliphatic heterocycles. The minimum absolute atomic E-state index is 0.664. The maximum absolute atomic E-state index is 5.08. The average molecular weight is 763 g/mol. The van der Waals surface area contributed by atoms with Crippen molar-refractivity contribution in [2.75, 3.05) is 0 Å². The molecule has 0 bridgehead atoms.